The molecule has 28 heavy (non-hydrogen) atoms. The Kier molecular flexibility index (Phi) is 9.98. The molecule has 2 saturated heterocycles. The number of nitrogens with one attached hydrogen (secondary N) is 2. The quantitative estimate of drug-likeness (QED) is 0.240. The number of carbonyl (C=O) groups excluding carboxylic acids is 2. The lowest BCUT2D eigenvalue weighted by Crippen LogP contribution is -2.46. The number of hydrogen-bond acceptors (Lipinski definition) is 4. The number of hydrogen-bond donors (Lipinski definition) is 2. The molecule has 2 N–H and O–H groups in total. The lowest BCUT2D eigenvalue weighted by Gasteiger charge is -2.24. The number of likely N-dealkylation sites (tertiary alicyclic amines) is 2. The number of nitrogens with zero attached hydrogens (tertiary/aromatic N) is 3. The van der Waals surface area contributed by atoms with Crippen molar-refractivity contribution in [2.75, 3.05) is 39.3 Å². The molecule has 0 radical (unpaired) electrons. The Labute approximate surface area is 186 Å². The number of piperidine rings is 1. The van der Waals surface area contributed by atoms with Gasteiger partial charge in [-0.05, 0) is 38.5 Å². The lowest BCUT2D eigenvalue weighted by atomic mass is 10.1. The average Bonchev–Trinajstić information content (AvgIpc) is 3.30. The maximum absolute atomic E-state index is 11.9. The highest BCUT2D eigenvalue weighted by Gasteiger charge is 2.27. The zero-order valence-electron chi connectivity index (χ0n) is 17.1. The van der Waals surface area contributed by atoms with Crippen molar-refractivity contribution in [3.8, 4) is 0 Å². The maximum Gasteiger partial charge on any atom is 0.229 e. The lowest BCUT2D eigenvalue weighted by molar-refractivity contribution is -0.147. The number of carbonyl (C=O) groups is 2. The molecule has 1 aliphatic carbocycles. The first-order chi connectivity index (χ1) is 13.2. The number of imide groups is 1. The Bertz CT molecular complexity index is 535. The van der Waals surface area contributed by atoms with Gasteiger partial charge in [0.05, 0.1) is 6.54 Å². The van der Waals surface area contributed by atoms with Crippen LogP contribution < -0.4 is 10.6 Å². The number of guanidine groups is 1. The SMILES string of the molecule is CCNC(=NCCN1C(=O)CCCC1=O)NC1CCN(CC2CCCC2)C1.I. The second-order valence-electron chi connectivity index (χ2n) is 8.09. The largest absolute Gasteiger partial charge is 0.357 e. The zero-order chi connectivity index (χ0) is 19.1. The minimum atomic E-state index is -0.0576. The second kappa shape index (κ2) is 11.9. The summed E-state index contributed by atoms with van der Waals surface area (Å²) >= 11 is 0. The van der Waals surface area contributed by atoms with Gasteiger partial charge in [-0.2, -0.15) is 0 Å². The van der Waals surface area contributed by atoms with Crippen molar-refractivity contribution in [1.29, 1.82) is 0 Å². The predicted octanol–water partition coefficient (Wildman–Crippen LogP) is 1.96. The normalized spacial score (nSPS) is 24.5. The zero-order valence-corrected chi connectivity index (χ0v) is 19.5. The van der Waals surface area contributed by atoms with Crippen LogP contribution in [-0.4, -0.2) is 72.9 Å². The molecular weight excluding hydrogens is 469 g/mol. The molecule has 0 spiro atoms. The first-order valence-corrected chi connectivity index (χ1v) is 10.8. The average molecular weight is 505 g/mol. The van der Waals surface area contributed by atoms with Gasteiger partial charge in [0.1, 0.15) is 0 Å². The van der Waals surface area contributed by atoms with E-state index in [1.54, 1.807) is 0 Å². The number of halogens is 1. The Balaban J connectivity index is 0.00000280. The van der Waals surface area contributed by atoms with E-state index in [0.717, 1.165) is 37.9 Å². The van der Waals surface area contributed by atoms with E-state index in [-0.39, 0.29) is 35.8 Å². The molecule has 0 aromatic carbocycles. The van der Waals surface area contributed by atoms with Crippen molar-refractivity contribution >= 4 is 41.8 Å². The highest BCUT2D eigenvalue weighted by atomic mass is 127. The van der Waals surface area contributed by atoms with Gasteiger partial charge in [0, 0.05) is 51.6 Å². The van der Waals surface area contributed by atoms with Crippen LogP contribution in [0.4, 0.5) is 0 Å². The third-order valence-corrected chi connectivity index (χ3v) is 5.93. The standard InChI is InChI=1S/C20H35N5O2.HI/c1-2-21-20(22-11-13-25-18(26)8-5-9-19(25)27)23-17-10-12-24(15-17)14-16-6-3-4-7-16;/h16-17H,2-15H2,1H3,(H2,21,22,23);1H. The van der Waals surface area contributed by atoms with Gasteiger partial charge >= 0.3 is 0 Å². The van der Waals surface area contributed by atoms with Crippen LogP contribution >= 0.6 is 24.0 Å². The van der Waals surface area contributed by atoms with Crippen LogP contribution in [0.25, 0.3) is 0 Å². The Morgan fingerprint density at radius 2 is 1.82 bits per heavy atom. The summed E-state index contributed by atoms with van der Waals surface area (Å²) in [6.45, 7) is 7.15. The first-order valence-electron chi connectivity index (χ1n) is 10.8. The molecular formula is C20H36IN5O2. The highest BCUT2D eigenvalue weighted by molar-refractivity contribution is 14.0. The summed E-state index contributed by atoms with van der Waals surface area (Å²) in [7, 11) is 0. The van der Waals surface area contributed by atoms with Crippen LogP contribution in [0.5, 0.6) is 0 Å². The van der Waals surface area contributed by atoms with Crippen molar-refractivity contribution in [2.45, 2.75) is 64.3 Å². The van der Waals surface area contributed by atoms with E-state index in [1.807, 2.05) is 0 Å². The van der Waals surface area contributed by atoms with Gasteiger partial charge in [-0.25, -0.2) is 0 Å². The molecule has 0 aromatic rings. The fraction of sp³-hybridized carbons (Fsp3) is 0.850. The van der Waals surface area contributed by atoms with Crippen LogP contribution in [0, 0.1) is 5.92 Å². The number of aliphatic imine (C=N–C) groups is 1. The monoisotopic (exact) mass is 505 g/mol. The predicted molar refractivity (Wildman–Crippen MR) is 122 cm³/mol. The molecule has 3 rings (SSSR count). The highest BCUT2D eigenvalue weighted by Crippen LogP contribution is 2.26. The van der Waals surface area contributed by atoms with Gasteiger partial charge in [-0.15, -0.1) is 24.0 Å². The molecule has 3 aliphatic rings. The molecule has 160 valence electrons. The van der Waals surface area contributed by atoms with E-state index in [1.165, 1.54) is 37.1 Å². The minimum absolute atomic E-state index is 0. The number of amides is 2. The summed E-state index contributed by atoms with van der Waals surface area (Å²) in [5, 5.41) is 6.83. The van der Waals surface area contributed by atoms with E-state index < -0.39 is 0 Å². The summed E-state index contributed by atoms with van der Waals surface area (Å²) in [5.74, 6) is 1.57. The molecule has 0 aromatic heterocycles. The molecule has 1 unspecified atom stereocenters. The summed E-state index contributed by atoms with van der Waals surface area (Å²) in [6.07, 6.45) is 8.37. The summed E-state index contributed by atoms with van der Waals surface area (Å²) < 4.78 is 0. The van der Waals surface area contributed by atoms with E-state index in [9.17, 15) is 9.59 Å². The first kappa shape index (κ1) is 23.4. The molecule has 1 saturated carbocycles. The topological polar surface area (TPSA) is 77.0 Å². The van der Waals surface area contributed by atoms with Crippen LogP contribution in [-0.2, 0) is 9.59 Å². The molecule has 2 aliphatic heterocycles. The van der Waals surface area contributed by atoms with Crippen molar-refractivity contribution in [2.24, 2.45) is 10.9 Å². The Hall–Kier alpha value is -0.900. The van der Waals surface area contributed by atoms with Gasteiger partial charge in [-0.1, -0.05) is 12.8 Å². The van der Waals surface area contributed by atoms with Crippen molar-refractivity contribution in [1.82, 2.24) is 20.4 Å². The van der Waals surface area contributed by atoms with Gasteiger partial charge in [0.15, 0.2) is 5.96 Å². The smallest absolute Gasteiger partial charge is 0.229 e. The second-order valence-corrected chi connectivity index (χ2v) is 8.09. The molecule has 0 bridgehead atoms. The third kappa shape index (κ3) is 6.86. The maximum atomic E-state index is 11.9. The molecule has 7 nitrogen and oxygen atoms in total. The fourth-order valence-electron chi connectivity index (χ4n) is 4.50. The van der Waals surface area contributed by atoms with Gasteiger partial charge in [0.25, 0.3) is 0 Å². The molecule has 8 heteroatoms. The van der Waals surface area contributed by atoms with E-state index >= 15 is 0 Å². The summed E-state index contributed by atoms with van der Waals surface area (Å²) in [4.78, 5) is 32.3. The molecule has 2 heterocycles. The molecule has 3 fully saturated rings. The van der Waals surface area contributed by atoms with Crippen LogP contribution in [0.1, 0.15) is 58.3 Å². The van der Waals surface area contributed by atoms with Gasteiger partial charge < -0.3 is 15.5 Å². The van der Waals surface area contributed by atoms with Gasteiger partial charge in [-0.3, -0.25) is 19.5 Å². The third-order valence-electron chi connectivity index (χ3n) is 5.93. The van der Waals surface area contributed by atoms with Crippen molar-refractivity contribution in [3.05, 3.63) is 0 Å². The van der Waals surface area contributed by atoms with Crippen molar-refractivity contribution < 1.29 is 9.59 Å². The van der Waals surface area contributed by atoms with E-state index in [0.29, 0.717) is 38.4 Å². The Morgan fingerprint density at radius 1 is 1.11 bits per heavy atom. The molecule has 2 amide bonds. The Morgan fingerprint density at radius 3 is 2.50 bits per heavy atom. The van der Waals surface area contributed by atoms with Crippen LogP contribution in [0.2, 0.25) is 0 Å². The van der Waals surface area contributed by atoms with Crippen molar-refractivity contribution in [3.63, 3.8) is 0 Å². The van der Waals surface area contributed by atoms with Crippen LogP contribution in [0.15, 0.2) is 4.99 Å². The fourth-order valence-corrected chi connectivity index (χ4v) is 4.50. The number of rotatable bonds is 7. The van der Waals surface area contributed by atoms with Crippen LogP contribution in [0.3, 0.4) is 0 Å². The summed E-state index contributed by atoms with van der Waals surface area (Å²) in [6, 6.07) is 0.419. The molecule has 1 atom stereocenters. The summed E-state index contributed by atoms with van der Waals surface area (Å²) in [5.41, 5.74) is 0. The minimum Gasteiger partial charge on any atom is -0.357 e. The van der Waals surface area contributed by atoms with E-state index in [4.69, 9.17) is 0 Å². The van der Waals surface area contributed by atoms with Gasteiger partial charge in [0.2, 0.25) is 11.8 Å². The van der Waals surface area contributed by atoms with E-state index in [2.05, 4.69) is 27.4 Å².